The lowest BCUT2D eigenvalue weighted by atomic mass is 9.83. The molecular weight excluding hydrogens is 288 g/mol. The summed E-state index contributed by atoms with van der Waals surface area (Å²) in [6.45, 7) is 4.14. The van der Waals surface area contributed by atoms with Crippen molar-refractivity contribution in [3.05, 3.63) is 103 Å². The Morgan fingerprint density at radius 3 is 1.54 bits per heavy atom. The fourth-order valence-electron chi connectivity index (χ4n) is 3.79. The van der Waals surface area contributed by atoms with Crippen LogP contribution in [0.2, 0.25) is 0 Å². The SMILES string of the molecule is [CH2]CCC(c1cccc2ccccc12)c1cccc2ccccc12. The van der Waals surface area contributed by atoms with Crippen LogP contribution >= 0.6 is 0 Å². The molecule has 0 aliphatic carbocycles. The molecule has 0 aliphatic rings. The molecule has 117 valence electrons. The lowest BCUT2D eigenvalue weighted by Gasteiger charge is -2.21. The molecular formula is C24H21. The van der Waals surface area contributed by atoms with Crippen LogP contribution in [0, 0.1) is 6.92 Å². The molecule has 0 fully saturated rings. The number of benzene rings is 4. The normalized spacial score (nSPS) is 11.4. The van der Waals surface area contributed by atoms with E-state index in [-0.39, 0.29) is 0 Å². The number of rotatable bonds is 4. The van der Waals surface area contributed by atoms with Gasteiger partial charge in [0.05, 0.1) is 0 Å². The fourth-order valence-corrected chi connectivity index (χ4v) is 3.79. The van der Waals surface area contributed by atoms with Crippen LogP contribution in [0.1, 0.15) is 29.9 Å². The van der Waals surface area contributed by atoms with Crippen molar-refractivity contribution in [1.82, 2.24) is 0 Å². The quantitative estimate of drug-likeness (QED) is 0.391. The van der Waals surface area contributed by atoms with Crippen LogP contribution in [0.5, 0.6) is 0 Å². The summed E-state index contributed by atoms with van der Waals surface area (Å²) in [6, 6.07) is 30.7. The molecule has 4 aromatic carbocycles. The van der Waals surface area contributed by atoms with Crippen molar-refractivity contribution >= 4 is 21.5 Å². The Kier molecular flexibility index (Phi) is 4.04. The Bertz CT molecular complexity index is 891. The van der Waals surface area contributed by atoms with E-state index in [4.69, 9.17) is 0 Å². The Balaban J connectivity index is 1.96. The van der Waals surface area contributed by atoms with Crippen LogP contribution in [0.4, 0.5) is 0 Å². The van der Waals surface area contributed by atoms with E-state index in [9.17, 15) is 0 Å². The van der Waals surface area contributed by atoms with Crippen LogP contribution in [0.25, 0.3) is 21.5 Å². The van der Waals surface area contributed by atoms with Crippen molar-refractivity contribution in [3.63, 3.8) is 0 Å². The van der Waals surface area contributed by atoms with Gasteiger partial charge in [-0.25, -0.2) is 0 Å². The van der Waals surface area contributed by atoms with E-state index in [0.29, 0.717) is 5.92 Å². The largest absolute Gasteiger partial charge is 0.0616 e. The summed E-state index contributed by atoms with van der Waals surface area (Å²) >= 11 is 0. The summed E-state index contributed by atoms with van der Waals surface area (Å²) in [5, 5.41) is 5.33. The molecule has 24 heavy (non-hydrogen) atoms. The summed E-state index contributed by atoms with van der Waals surface area (Å²) in [5.74, 6) is 0.375. The van der Waals surface area contributed by atoms with E-state index in [1.54, 1.807) is 0 Å². The van der Waals surface area contributed by atoms with Gasteiger partial charge in [0.1, 0.15) is 0 Å². The Morgan fingerprint density at radius 2 is 1.04 bits per heavy atom. The predicted molar refractivity (Wildman–Crippen MR) is 104 cm³/mol. The minimum Gasteiger partial charge on any atom is -0.0616 e. The molecule has 0 saturated heterocycles. The highest BCUT2D eigenvalue weighted by molar-refractivity contribution is 5.90. The van der Waals surface area contributed by atoms with Gasteiger partial charge in [-0.05, 0) is 39.1 Å². The van der Waals surface area contributed by atoms with Crippen LogP contribution < -0.4 is 0 Å². The second-order valence-corrected chi connectivity index (χ2v) is 6.33. The van der Waals surface area contributed by atoms with Gasteiger partial charge in [-0.3, -0.25) is 0 Å². The topological polar surface area (TPSA) is 0 Å². The van der Waals surface area contributed by atoms with E-state index in [2.05, 4.69) is 91.9 Å². The molecule has 0 aliphatic heterocycles. The van der Waals surface area contributed by atoms with Gasteiger partial charge in [0.25, 0.3) is 0 Å². The van der Waals surface area contributed by atoms with Crippen molar-refractivity contribution in [2.24, 2.45) is 0 Å². The lowest BCUT2D eigenvalue weighted by molar-refractivity contribution is 0.737. The van der Waals surface area contributed by atoms with Gasteiger partial charge >= 0.3 is 0 Å². The van der Waals surface area contributed by atoms with E-state index >= 15 is 0 Å². The minimum atomic E-state index is 0.375. The molecule has 4 aromatic rings. The molecule has 0 heterocycles. The highest BCUT2D eigenvalue weighted by Gasteiger charge is 2.17. The Labute approximate surface area is 143 Å². The molecule has 0 amide bonds. The zero-order valence-corrected chi connectivity index (χ0v) is 13.8. The van der Waals surface area contributed by atoms with Crippen LogP contribution in [0.3, 0.4) is 0 Å². The lowest BCUT2D eigenvalue weighted by Crippen LogP contribution is -2.03. The predicted octanol–water partition coefficient (Wildman–Crippen LogP) is 6.74. The molecule has 0 saturated carbocycles. The van der Waals surface area contributed by atoms with Gasteiger partial charge in [0, 0.05) is 5.92 Å². The zero-order valence-electron chi connectivity index (χ0n) is 13.8. The maximum atomic E-state index is 4.14. The molecule has 1 radical (unpaired) electrons. The highest BCUT2D eigenvalue weighted by atomic mass is 14.2. The highest BCUT2D eigenvalue weighted by Crippen LogP contribution is 2.37. The number of fused-ring (bicyclic) bond motifs is 2. The van der Waals surface area contributed by atoms with Gasteiger partial charge in [-0.15, -0.1) is 0 Å². The maximum absolute atomic E-state index is 4.14. The van der Waals surface area contributed by atoms with E-state index in [1.807, 2.05) is 0 Å². The van der Waals surface area contributed by atoms with Gasteiger partial charge < -0.3 is 0 Å². The molecule has 0 unspecified atom stereocenters. The smallest absolute Gasteiger partial charge is 0.0102 e. The summed E-state index contributed by atoms with van der Waals surface area (Å²) in [6.07, 6.45) is 1.99. The number of hydrogen-bond acceptors (Lipinski definition) is 0. The molecule has 0 heteroatoms. The van der Waals surface area contributed by atoms with Gasteiger partial charge in [-0.1, -0.05) is 98.3 Å². The first-order chi connectivity index (χ1) is 11.9. The monoisotopic (exact) mass is 309 g/mol. The molecule has 0 nitrogen and oxygen atoms in total. The number of hydrogen-bond donors (Lipinski definition) is 0. The maximum Gasteiger partial charge on any atom is 0.0102 e. The van der Waals surface area contributed by atoms with Crippen LogP contribution in [-0.2, 0) is 0 Å². The van der Waals surface area contributed by atoms with Crippen molar-refractivity contribution in [2.75, 3.05) is 0 Å². The molecule has 0 bridgehead atoms. The average Bonchev–Trinajstić information content (AvgIpc) is 2.65. The standard InChI is InChI=1S/C24H21/c1-2-9-22(23-16-7-12-18-10-3-5-14-20(18)23)24-17-8-13-19-11-4-6-15-21(19)24/h3-8,10-17,22H,1-2,9H2. The van der Waals surface area contributed by atoms with Crippen molar-refractivity contribution in [2.45, 2.75) is 18.8 Å². The van der Waals surface area contributed by atoms with Crippen molar-refractivity contribution in [1.29, 1.82) is 0 Å². The summed E-state index contributed by atoms with van der Waals surface area (Å²) in [5.41, 5.74) is 2.82. The Morgan fingerprint density at radius 1 is 0.583 bits per heavy atom. The molecule has 0 aromatic heterocycles. The van der Waals surface area contributed by atoms with Crippen LogP contribution in [-0.4, -0.2) is 0 Å². The second-order valence-electron chi connectivity index (χ2n) is 6.33. The van der Waals surface area contributed by atoms with Crippen molar-refractivity contribution in [3.8, 4) is 0 Å². The van der Waals surface area contributed by atoms with Gasteiger partial charge in [-0.2, -0.15) is 0 Å². The first-order valence-corrected chi connectivity index (χ1v) is 8.63. The first-order valence-electron chi connectivity index (χ1n) is 8.63. The average molecular weight is 309 g/mol. The third-order valence-corrected chi connectivity index (χ3v) is 4.89. The van der Waals surface area contributed by atoms with E-state index < -0.39 is 0 Å². The molecule has 0 spiro atoms. The first kappa shape index (κ1) is 15.0. The minimum absolute atomic E-state index is 0.375. The summed E-state index contributed by atoms with van der Waals surface area (Å²) in [4.78, 5) is 0. The molecule has 4 rings (SSSR count). The third kappa shape index (κ3) is 2.59. The fraction of sp³-hybridized carbons (Fsp3) is 0.125. The third-order valence-electron chi connectivity index (χ3n) is 4.89. The van der Waals surface area contributed by atoms with Crippen LogP contribution in [0.15, 0.2) is 84.9 Å². The van der Waals surface area contributed by atoms with E-state index in [1.165, 1.54) is 32.7 Å². The van der Waals surface area contributed by atoms with E-state index in [0.717, 1.165) is 12.8 Å². The second kappa shape index (κ2) is 6.49. The van der Waals surface area contributed by atoms with Gasteiger partial charge in [0.2, 0.25) is 0 Å². The Hall–Kier alpha value is -2.60. The molecule has 0 atom stereocenters. The molecule has 0 N–H and O–H groups in total. The van der Waals surface area contributed by atoms with Gasteiger partial charge in [0.15, 0.2) is 0 Å². The summed E-state index contributed by atoms with van der Waals surface area (Å²) < 4.78 is 0. The summed E-state index contributed by atoms with van der Waals surface area (Å²) in [7, 11) is 0. The van der Waals surface area contributed by atoms with Crippen molar-refractivity contribution < 1.29 is 0 Å². The zero-order chi connectivity index (χ0) is 16.4.